The van der Waals surface area contributed by atoms with Crippen LogP contribution in [0.25, 0.3) is 0 Å². The molecule has 2 amide bonds. The Hall–Kier alpha value is -1.47. The number of carboxylic acid groups (broad SMARTS) is 1. The predicted molar refractivity (Wildman–Crippen MR) is 62.8 cm³/mol. The first kappa shape index (κ1) is 17.5. The minimum atomic E-state index is -4.47. The standard InChI is InChI=1S/C11H19F3N2O3/c1-4-15(7-11(12,13)14)10(19)16(5-2)8(3)6-9(17)18/h8H,4-7H2,1-3H3,(H,17,18). The number of alkyl halides is 3. The van der Waals surface area contributed by atoms with Gasteiger partial charge in [0, 0.05) is 19.1 Å². The highest BCUT2D eigenvalue weighted by atomic mass is 19.4. The molecule has 0 heterocycles. The summed E-state index contributed by atoms with van der Waals surface area (Å²) < 4.78 is 37.0. The smallest absolute Gasteiger partial charge is 0.406 e. The van der Waals surface area contributed by atoms with E-state index in [0.717, 1.165) is 4.90 Å². The first-order valence-electron chi connectivity index (χ1n) is 5.96. The van der Waals surface area contributed by atoms with Crippen LogP contribution in [0, 0.1) is 0 Å². The number of carbonyl (C=O) groups excluding carboxylic acids is 1. The summed E-state index contributed by atoms with van der Waals surface area (Å²) in [5.74, 6) is -1.10. The van der Waals surface area contributed by atoms with E-state index < -0.39 is 30.8 Å². The number of rotatable bonds is 6. The number of amides is 2. The average molecular weight is 284 g/mol. The molecule has 0 saturated carbocycles. The van der Waals surface area contributed by atoms with Crippen molar-refractivity contribution in [2.75, 3.05) is 19.6 Å². The molecule has 0 aliphatic rings. The van der Waals surface area contributed by atoms with Crippen molar-refractivity contribution in [3.63, 3.8) is 0 Å². The summed E-state index contributed by atoms with van der Waals surface area (Å²) in [6.07, 6.45) is -4.77. The Labute approximate surface area is 110 Å². The van der Waals surface area contributed by atoms with Crippen LogP contribution in [0.1, 0.15) is 27.2 Å². The van der Waals surface area contributed by atoms with Gasteiger partial charge in [0.25, 0.3) is 0 Å². The zero-order valence-corrected chi connectivity index (χ0v) is 11.2. The average Bonchev–Trinajstić information content (AvgIpc) is 2.24. The molecule has 0 bridgehead atoms. The molecule has 0 aliphatic carbocycles. The summed E-state index contributed by atoms with van der Waals surface area (Å²) in [6, 6.07) is -1.45. The van der Waals surface area contributed by atoms with Crippen LogP contribution in [0.15, 0.2) is 0 Å². The van der Waals surface area contributed by atoms with Gasteiger partial charge in [0.1, 0.15) is 6.54 Å². The molecule has 8 heteroatoms. The van der Waals surface area contributed by atoms with E-state index >= 15 is 0 Å². The van der Waals surface area contributed by atoms with Gasteiger partial charge >= 0.3 is 18.2 Å². The molecule has 1 unspecified atom stereocenters. The topological polar surface area (TPSA) is 60.9 Å². The third-order valence-corrected chi connectivity index (χ3v) is 2.61. The van der Waals surface area contributed by atoms with Gasteiger partial charge in [0.2, 0.25) is 0 Å². The summed E-state index contributed by atoms with van der Waals surface area (Å²) in [7, 11) is 0. The van der Waals surface area contributed by atoms with E-state index in [-0.39, 0.29) is 19.5 Å². The number of urea groups is 1. The number of nitrogens with zero attached hydrogens (tertiary/aromatic N) is 2. The largest absolute Gasteiger partial charge is 0.481 e. The van der Waals surface area contributed by atoms with Gasteiger partial charge in [-0.05, 0) is 20.8 Å². The maximum absolute atomic E-state index is 12.3. The van der Waals surface area contributed by atoms with E-state index in [1.54, 1.807) is 6.92 Å². The monoisotopic (exact) mass is 284 g/mol. The van der Waals surface area contributed by atoms with Crippen LogP contribution < -0.4 is 0 Å². The summed E-state index contributed by atoms with van der Waals surface area (Å²) in [5.41, 5.74) is 0. The van der Waals surface area contributed by atoms with E-state index in [0.29, 0.717) is 4.90 Å². The Kier molecular flexibility index (Phi) is 6.64. The van der Waals surface area contributed by atoms with Crippen molar-refractivity contribution >= 4 is 12.0 Å². The number of carboxylic acids is 1. The van der Waals surface area contributed by atoms with Crippen molar-refractivity contribution in [2.45, 2.75) is 39.4 Å². The molecule has 0 aliphatic heterocycles. The zero-order valence-electron chi connectivity index (χ0n) is 11.2. The van der Waals surface area contributed by atoms with Gasteiger partial charge in [-0.15, -0.1) is 0 Å². The fourth-order valence-corrected chi connectivity index (χ4v) is 1.71. The SMILES string of the molecule is CCN(CC(F)(F)F)C(=O)N(CC)C(C)CC(=O)O. The molecular weight excluding hydrogens is 265 g/mol. The second kappa shape index (κ2) is 7.20. The van der Waals surface area contributed by atoms with E-state index in [1.807, 2.05) is 0 Å². The Morgan fingerprint density at radius 1 is 1.21 bits per heavy atom. The summed E-state index contributed by atoms with van der Waals surface area (Å²) in [4.78, 5) is 24.3. The predicted octanol–water partition coefficient (Wildman–Crippen LogP) is 2.18. The lowest BCUT2D eigenvalue weighted by molar-refractivity contribution is -0.142. The third kappa shape index (κ3) is 6.30. The van der Waals surface area contributed by atoms with Gasteiger partial charge in [0.15, 0.2) is 0 Å². The van der Waals surface area contributed by atoms with Gasteiger partial charge in [-0.1, -0.05) is 0 Å². The molecule has 0 rings (SSSR count). The van der Waals surface area contributed by atoms with Gasteiger partial charge < -0.3 is 14.9 Å². The first-order chi connectivity index (χ1) is 8.62. The van der Waals surface area contributed by atoms with E-state index in [1.165, 1.54) is 13.8 Å². The first-order valence-corrected chi connectivity index (χ1v) is 5.96. The molecule has 0 aromatic rings. The number of aliphatic carboxylic acids is 1. The summed E-state index contributed by atoms with van der Waals surface area (Å²) in [5, 5.41) is 8.66. The fourth-order valence-electron chi connectivity index (χ4n) is 1.71. The normalized spacial score (nSPS) is 12.9. The van der Waals surface area contributed by atoms with E-state index in [9.17, 15) is 22.8 Å². The molecule has 1 N–H and O–H groups in total. The number of hydrogen-bond acceptors (Lipinski definition) is 2. The van der Waals surface area contributed by atoms with Crippen LogP contribution in [0.5, 0.6) is 0 Å². The van der Waals surface area contributed by atoms with Crippen molar-refractivity contribution < 1.29 is 27.9 Å². The highest BCUT2D eigenvalue weighted by Crippen LogP contribution is 2.18. The molecule has 1 atom stereocenters. The van der Waals surface area contributed by atoms with Gasteiger partial charge in [-0.3, -0.25) is 4.79 Å². The van der Waals surface area contributed by atoms with E-state index in [4.69, 9.17) is 5.11 Å². The molecule has 0 fully saturated rings. The molecular formula is C11H19F3N2O3. The molecule has 0 radical (unpaired) electrons. The maximum Gasteiger partial charge on any atom is 0.406 e. The molecule has 19 heavy (non-hydrogen) atoms. The van der Waals surface area contributed by atoms with Crippen LogP contribution in [0.4, 0.5) is 18.0 Å². The lowest BCUT2D eigenvalue weighted by Crippen LogP contribution is -2.50. The van der Waals surface area contributed by atoms with Crippen LogP contribution >= 0.6 is 0 Å². The Balaban J connectivity index is 4.84. The van der Waals surface area contributed by atoms with Crippen molar-refractivity contribution in [1.82, 2.24) is 9.80 Å². The molecule has 5 nitrogen and oxygen atoms in total. The quantitative estimate of drug-likeness (QED) is 0.813. The second-order valence-electron chi connectivity index (χ2n) is 4.14. The van der Waals surface area contributed by atoms with Crippen LogP contribution in [-0.4, -0.2) is 58.8 Å². The van der Waals surface area contributed by atoms with Crippen LogP contribution in [-0.2, 0) is 4.79 Å². The minimum Gasteiger partial charge on any atom is -0.481 e. The van der Waals surface area contributed by atoms with E-state index in [2.05, 4.69) is 0 Å². The summed E-state index contributed by atoms with van der Waals surface area (Å²) >= 11 is 0. The number of halogens is 3. The fraction of sp³-hybridized carbons (Fsp3) is 0.818. The second-order valence-corrected chi connectivity index (χ2v) is 4.14. The lowest BCUT2D eigenvalue weighted by atomic mass is 10.2. The van der Waals surface area contributed by atoms with Crippen molar-refractivity contribution in [2.24, 2.45) is 0 Å². The molecule has 0 aromatic heterocycles. The van der Waals surface area contributed by atoms with Crippen LogP contribution in [0.3, 0.4) is 0 Å². The highest BCUT2D eigenvalue weighted by Gasteiger charge is 2.34. The lowest BCUT2D eigenvalue weighted by Gasteiger charge is -2.33. The van der Waals surface area contributed by atoms with Crippen molar-refractivity contribution in [3.8, 4) is 0 Å². The Morgan fingerprint density at radius 3 is 2.05 bits per heavy atom. The molecule has 0 saturated heterocycles. The van der Waals surface area contributed by atoms with Crippen LogP contribution in [0.2, 0.25) is 0 Å². The van der Waals surface area contributed by atoms with Gasteiger partial charge in [0.05, 0.1) is 6.42 Å². The molecule has 112 valence electrons. The highest BCUT2D eigenvalue weighted by molar-refractivity contribution is 5.76. The van der Waals surface area contributed by atoms with Gasteiger partial charge in [-0.2, -0.15) is 13.2 Å². The Morgan fingerprint density at radius 2 is 1.74 bits per heavy atom. The third-order valence-electron chi connectivity index (χ3n) is 2.61. The maximum atomic E-state index is 12.3. The van der Waals surface area contributed by atoms with Crippen molar-refractivity contribution in [3.05, 3.63) is 0 Å². The summed E-state index contributed by atoms with van der Waals surface area (Å²) in [6.45, 7) is 3.27. The zero-order chi connectivity index (χ0) is 15.2. The van der Waals surface area contributed by atoms with Crippen molar-refractivity contribution in [1.29, 1.82) is 0 Å². The Bertz CT molecular complexity index is 321. The number of hydrogen-bond donors (Lipinski definition) is 1. The molecule has 0 aromatic carbocycles. The minimum absolute atomic E-state index is 0.0887. The number of carbonyl (C=O) groups is 2. The van der Waals surface area contributed by atoms with Gasteiger partial charge in [-0.25, -0.2) is 4.79 Å². The molecule has 0 spiro atoms.